The van der Waals surface area contributed by atoms with Crippen LogP contribution in [0.15, 0.2) is 84.9 Å². The largest absolute Gasteiger partial charge is 0.352 e. The lowest BCUT2D eigenvalue weighted by molar-refractivity contribution is -0.142. The number of carbonyl (C=O) groups is 2. The molecule has 1 unspecified atom stereocenters. The maximum absolute atomic E-state index is 14.0. The number of carbonyl (C=O) groups excluding carboxylic acids is 2. The minimum Gasteiger partial charge on any atom is -0.352 e. The predicted molar refractivity (Wildman–Crippen MR) is 145 cm³/mol. The number of hydrogen-bond donors (Lipinski definition) is 1. The Labute approximate surface area is 219 Å². The number of benzene rings is 3. The van der Waals surface area contributed by atoms with Crippen molar-refractivity contribution in [3.8, 4) is 0 Å². The zero-order valence-electron chi connectivity index (χ0n) is 21.6. The Kier molecular flexibility index (Phi) is 9.47. The molecular weight excluding hydrogens is 463 g/mol. The molecule has 2 amide bonds. The molecule has 0 aromatic heterocycles. The number of amides is 2. The van der Waals surface area contributed by atoms with E-state index < -0.39 is 6.04 Å². The van der Waals surface area contributed by atoms with Crippen LogP contribution >= 0.6 is 0 Å². The molecule has 3 aromatic carbocycles. The van der Waals surface area contributed by atoms with Crippen LogP contribution in [-0.4, -0.2) is 28.8 Å². The van der Waals surface area contributed by atoms with E-state index in [1.807, 2.05) is 67.6 Å². The topological polar surface area (TPSA) is 49.4 Å². The summed E-state index contributed by atoms with van der Waals surface area (Å²) in [5, 5.41) is 3.22. The molecule has 1 saturated carbocycles. The van der Waals surface area contributed by atoms with Crippen LogP contribution in [0.25, 0.3) is 0 Å². The molecule has 1 aliphatic rings. The molecule has 0 bridgehead atoms. The van der Waals surface area contributed by atoms with Gasteiger partial charge in [-0.25, -0.2) is 4.39 Å². The van der Waals surface area contributed by atoms with Crippen molar-refractivity contribution in [1.82, 2.24) is 10.2 Å². The van der Waals surface area contributed by atoms with Gasteiger partial charge in [0.15, 0.2) is 0 Å². The summed E-state index contributed by atoms with van der Waals surface area (Å²) < 4.78 is 13.6. The molecule has 1 N–H and O–H groups in total. The van der Waals surface area contributed by atoms with Crippen molar-refractivity contribution in [2.75, 3.05) is 0 Å². The van der Waals surface area contributed by atoms with E-state index >= 15 is 0 Å². The third-order valence-electron chi connectivity index (χ3n) is 7.39. The highest BCUT2D eigenvalue weighted by atomic mass is 19.1. The second-order valence-electron chi connectivity index (χ2n) is 9.99. The van der Waals surface area contributed by atoms with E-state index in [2.05, 4.69) is 5.32 Å². The lowest BCUT2D eigenvalue weighted by atomic mass is 9.88. The van der Waals surface area contributed by atoms with Crippen molar-refractivity contribution in [2.24, 2.45) is 0 Å². The van der Waals surface area contributed by atoms with Gasteiger partial charge in [0.25, 0.3) is 0 Å². The summed E-state index contributed by atoms with van der Waals surface area (Å²) >= 11 is 0. The van der Waals surface area contributed by atoms with Crippen molar-refractivity contribution in [3.05, 3.63) is 107 Å². The highest BCUT2D eigenvalue weighted by molar-refractivity contribution is 5.88. The first-order valence-electron chi connectivity index (χ1n) is 13.5. The number of nitrogens with one attached hydrogen (secondary N) is 1. The summed E-state index contributed by atoms with van der Waals surface area (Å²) in [5.74, 6) is -0.644. The van der Waals surface area contributed by atoms with Gasteiger partial charge in [0.05, 0.1) is 0 Å². The molecular formula is C32H37FN2O2. The molecule has 194 valence electrons. The Balaban J connectivity index is 1.61. The van der Waals surface area contributed by atoms with E-state index in [-0.39, 0.29) is 42.6 Å². The van der Waals surface area contributed by atoms with Gasteiger partial charge >= 0.3 is 0 Å². The molecule has 5 heteroatoms. The van der Waals surface area contributed by atoms with Gasteiger partial charge < -0.3 is 10.2 Å². The van der Waals surface area contributed by atoms with Crippen LogP contribution in [0.4, 0.5) is 4.39 Å². The van der Waals surface area contributed by atoms with E-state index in [0.29, 0.717) is 6.42 Å². The summed E-state index contributed by atoms with van der Waals surface area (Å²) in [4.78, 5) is 29.2. The number of halogens is 1. The van der Waals surface area contributed by atoms with Crippen LogP contribution in [0.5, 0.6) is 0 Å². The number of hydrogen-bond acceptors (Lipinski definition) is 2. The van der Waals surface area contributed by atoms with Gasteiger partial charge in [0, 0.05) is 24.9 Å². The highest BCUT2D eigenvalue weighted by Gasteiger charge is 2.32. The Hall–Kier alpha value is -3.47. The lowest BCUT2D eigenvalue weighted by Gasteiger charge is -2.34. The average molecular weight is 501 g/mol. The maximum atomic E-state index is 14.0. The third-order valence-corrected chi connectivity index (χ3v) is 7.39. The first kappa shape index (κ1) is 26.6. The molecule has 0 radical (unpaired) electrons. The van der Waals surface area contributed by atoms with Gasteiger partial charge in [-0.3, -0.25) is 9.59 Å². The summed E-state index contributed by atoms with van der Waals surface area (Å²) in [5.41, 5.74) is 2.92. The normalized spacial score (nSPS) is 14.8. The molecule has 3 aromatic rings. The van der Waals surface area contributed by atoms with E-state index in [9.17, 15) is 14.0 Å². The van der Waals surface area contributed by atoms with Crippen molar-refractivity contribution in [3.63, 3.8) is 0 Å². The van der Waals surface area contributed by atoms with E-state index in [1.165, 1.54) is 18.6 Å². The molecule has 1 atom stereocenters. The molecule has 1 fully saturated rings. The monoisotopic (exact) mass is 500 g/mol. The molecule has 37 heavy (non-hydrogen) atoms. The molecule has 0 aliphatic heterocycles. The zero-order valence-corrected chi connectivity index (χ0v) is 21.6. The fourth-order valence-corrected chi connectivity index (χ4v) is 5.34. The van der Waals surface area contributed by atoms with Crippen molar-refractivity contribution >= 4 is 11.8 Å². The van der Waals surface area contributed by atoms with Gasteiger partial charge in [-0.1, -0.05) is 99.0 Å². The lowest BCUT2D eigenvalue weighted by Crippen LogP contribution is -2.51. The van der Waals surface area contributed by atoms with Crippen LogP contribution in [0.2, 0.25) is 0 Å². The Morgan fingerprint density at radius 2 is 1.43 bits per heavy atom. The average Bonchev–Trinajstić information content (AvgIpc) is 2.94. The van der Waals surface area contributed by atoms with E-state index in [1.54, 1.807) is 17.0 Å². The fourth-order valence-electron chi connectivity index (χ4n) is 5.34. The number of nitrogens with zero attached hydrogens (tertiary/aromatic N) is 1. The van der Waals surface area contributed by atoms with Crippen molar-refractivity contribution < 1.29 is 14.0 Å². The molecule has 0 heterocycles. The third kappa shape index (κ3) is 7.28. The Morgan fingerprint density at radius 1 is 0.865 bits per heavy atom. The molecule has 0 spiro atoms. The summed E-state index contributed by atoms with van der Waals surface area (Å²) in [6.07, 6.45) is 6.16. The van der Waals surface area contributed by atoms with E-state index in [0.717, 1.165) is 42.4 Å². The van der Waals surface area contributed by atoms with Gasteiger partial charge in [-0.05, 0) is 48.1 Å². The van der Waals surface area contributed by atoms with Crippen LogP contribution in [0.3, 0.4) is 0 Å². The molecule has 4 nitrogen and oxygen atoms in total. The van der Waals surface area contributed by atoms with Gasteiger partial charge in [0.1, 0.15) is 11.9 Å². The summed E-state index contributed by atoms with van der Waals surface area (Å²) in [7, 11) is 0. The predicted octanol–water partition coefficient (Wildman–Crippen LogP) is 6.60. The molecule has 4 rings (SSSR count). The van der Waals surface area contributed by atoms with Crippen molar-refractivity contribution in [1.29, 1.82) is 0 Å². The molecule has 0 saturated heterocycles. The Morgan fingerprint density at radius 3 is 1.97 bits per heavy atom. The van der Waals surface area contributed by atoms with Crippen molar-refractivity contribution in [2.45, 2.75) is 76.4 Å². The van der Waals surface area contributed by atoms with Crippen LogP contribution in [0.1, 0.15) is 74.5 Å². The zero-order chi connectivity index (χ0) is 26.0. The first-order chi connectivity index (χ1) is 18.0. The second-order valence-corrected chi connectivity index (χ2v) is 9.99. The maximum Gasteiger partial charge on any atom is 0.243 e. The van der Waals surface area contributed by atoms with Gasteiger partial charge in [-0.2, -0.15) is 0 Å². The van der Waals surface area contributed by atoms with Crippen LogP contribution < -0.4 is 5.32 Å². The van der Waals surface area contributed by atoms with Gasteiger partial charge in [0.2, 0.25) is 11.8 Å². The fraction of sp³-hybridized carbons (Fsp3) is 0.375. The number of rotatable bonds is 10. The first-order valence-corrected chi connectivity index (χ1v) is 13.5. The quantitative estimate of drug-likeness (QED) is 0.341. The summed E-state index contributed by atoms with van der Waals surface area (Å²) in [6, 6.07) is 25.8. The molecule has 1 aliphatic carbocycles. The van der Waals surface area contributed by atoms with Crippen LogP contribution in [0, 0.1) is 5.82 Å². The SMILES string of the molecule is CCC(C(=O)NC1CCCCC1)N(Cc1ccc(F)cc1)C(=O)CC(c1ccccc1)c1ccccc1. The second kappa shape index (κ2) is 13.2. The van der Waals surface area contributed by atoms with Gasteiger partial charge in [-0.15, -0.1) is 0 Å². The smallest absolute Gasteiger partial charge is 0.243 e. The standard InChI is InChI=1S/C32H37FN2O2/c1-2-30(32(37)34-28-16-10-5-11-17-28)35(23-24-18-20-27(33)21-19-24)31(36)22-29(25-12-6-3-7-13-25)26-14-8-4-9-15-26/h3-4,6-9,12-15,18-21,28-30H,2,5,10-11,16-17,22-23H2,1H3,(H,34,37). The minimum absolute atomic E-state index is 0.0901. The van der Waals surface area contributed by atoms with Crippen LogP contribution in [-0.2, 0) is 16.1 Å². The minimum atomic E-state index is -0.591. The summed E-state index contributed by atoms with van der Waals surface area (Å²) in [6.45, 7) is 2.20. The Bertz CT molecular complexity index is 1090. The highest BCUT2D eigenvalue weighted by Crippen LogP contribution is 2.30. The van der Waals surface area contributed by atoms with E-state index in [4.69, 9.17) is 0 Å².